The van der Waals surface area contributed by atoms with E-state index in [1.165, 1.54) is 12.1 Å². The van der Waals surface area contributed by atoms with Crippen molar-refractivity contribution in [1.82, 2.24) is 25.0 Å². The Bertz CT molecular complexity index is 1560. The average molecular weight is 564 g/mol. The highest BCUT2D eigenvalue weighted by molar-refractivity contribution is 5.85. The first-order valence-corrected chi connectivity index (χ1v) is 13.5. The zero-order chi connectivity index (χ0) is 28.6. The van der Waals surface area contributed by atoms with E-state index < -0.39 is 6.36 Å². The van der Waals surface area contributed by atoms with Crippen molar-refractivity contribution in [2.45, 2.75) is 58.0 Å². The fourth-order valence-corrected chi connectivity index (χ4v) is 5.67. The van der Waals surface area contributed by atoms with Crippen molar-refractivity contribution in [1.29, 1.82) is 0 Å². The van der Waals surface area contributed by atoms with Crippen LogP contribution in [0.1, 0.15) is 52.9 Å². The largest absolute Gasteiger partial charge is 0.573 e. The van der Waals surface area contributed by atoms with Gasteiger partial charge in [-0.05, 0) is 66.1 Å². The molecule has 0 N–H and O–H groups in total. The van der Waals surface area contributed by atoms with Gasteiger partial charge >= 0.3 is 6.36 Å². The number of ether oxygens (including phenoxy) is 1. The average Bonchev–Trinajstić information content (AvgIpc) is 3.64. The van der Waals surface area contributed by atoms with E-state index in [1.807, 2.05) is 12.1 Å². The second-order valence-electron chi connectivity index (χ2n) is 10.6. The summed E-state index contributed by atoms with van der Waals surface area (Å²) >= 11 is 0. The van der Waals surface area contributed by atoms with E-state index in [-0.39, 0.29) is 23.4 Å². The Morgan fingerprint density at radius 1 is 1.17 bits per heavy atom. The number of hydrogen-bond acceptors (Lipinski definition) is 8. The van der Waals surface area contributed by atoms with Crippen molar-refractivity contribution in [3.8, 4) is 16.9 Å². The van der Waals surface area contributed by atoms with E-state index >= 15 is 0 Å². The zero-order valence-corrected chi connectivity index (χ0v) is 22.4. The summed E-state index contributed by atoms with van der Waals surface area (Å²) in [6.07, 6.45) is 2.67. The van der Waals surface area contributed by atoms with Crippen LogP contribution in [0.5, 0.6) is 5.75 Å². The molecule has 1 aliphatic carbocycles. The number of nitrogens with zero attached hydrogens (tertiary/aromatic N) is 5. The molecule has 2 aliphatic rings. The molecule has 4 aromatic rings. The van der Waals surface area contributed by atoms with Gasteiger partial charge in [-0.1, -0.05) is 29.4 Å². The summed E-state index contributed by atoms with van der Waals surface area (Å²) in [7, 11) is 0. The molecule has 2 aromatic heterocycles. The van der Waals surface area contributed by atoms with Gasteiger partial charge in [0.1, 0.15) is 11.5 Å². The molecular formula is C30H28F3N5O3. The standard InChI is InChI=1S/C30H28F3N5O3/c1-18-36-29(41-37-18)26-14-25(26)28(39)8-6-19-5-7-23(20-3-2-4-22(13-20)40-30(31,32)33)24-9-12-38(17-27(19)24)16-21-15-34-10-11-35-21/h2-5,7,10-11,13,15,25-26H,6,8-9,12,14,16-17H2,1H3/t25?,26-/m1/s1. The lowest BCUT2D eigenvalue weighted by Crippen LogP contribution is -2.31. The lowest BCUT2D eigenvalue weighted by Gasteiger charge is -2.32. The summed E-state index contributed by atoms with van der Waals surface area (Å²) in [4.78, 5) is 28.2. The number of rotatable bonds is 9. The highest BCUT2D eigenvalue weighted by Crippen LogP contribution is 2.48. The molecule has 6 rings (SSSR count). The van der Waals surface area contributed by atoms with Crippen molar-refractivity contribution < 1.29 is 27.2 Å². The predicted molar refractivity (Wildman–Crippen MR) is 142 cm³/mol. The van der Waals surface area contributed by atoms with Crippen LogP contribution in [0.15, 0.2) is 59.5 Å². The van der Waals surface area contributed by atoms with E-state index in [9.17, 15) is 18.0 Å². The van der Waals surface area contributed by atoms with Crippen molar-refractivity contribution >= 4 is 5.78 Å². The van der Waals surface area contributed by atoms with Crippen LogP contribution in [0.4, 0.5) is 13.2 Å². The summed E-state index contributed by atoms with van der Waals surface area (Å²) in [6, 6.07) is 10.0. The third-order valence-corrected chi connectivity index (χ3v) is 7.67. The van der Waals surface area contributed by atoms with E-state index in [0.717, 1.165) is 40.9 Å². The summed E-state index contributed by atoms with van der Waals surface area (Å²) < 4.78 is 48.1. The van der Waals surface area contributed by atoms with Crippen LogP contribution >= 0.6 is 0 Å². The molecule has 0 amide bonds. The number of alkyl halides is 3. The van der Waals surface area contributed by atoms with Gasteiger partial charge in [0.25, 0.3) is 0 Å². The molecule has 0 saturated heterocycles. The predicted octanol–water partition coefficient (Wildman–Crippen LogP) is 5.60. The molecule has 0 radical (unpaired) electrons. The minimum atomic E-state index is -4.77. The highest BCUT2D eigenvalue weighted by Gasteiger charge is 2.47. The van der Waals surface area contributed by atoms with Gasteiger partial charge in [0.2, 0.25) is 5.89 Å². The van der Waals surface area contributed by atoms with E-state index in [4.69, 9.17) is 4.52 Å². The monoisotopic (exact) mass is 563 g/mol. The molecule has 1 aliphatic heterocycles. The first-order valence-electron chi connectivity index (χ1n) is 13.5. The SMILES string of the molecule is Cc1noc([C@@H]2CC2C(=O)CCc2ccc(-c3cccc(OC(F)(F)F)c3)c3c2CN(Cc2cnccn2)CC3)n1. The molecular weight excluding hydrogens is 535 g/mol. The fraction of sp³-hybridized carbons (Fsp3) is 0.367. The van der Waals surface area contributed by atoms with Crippen LogP contribution in [-0.2, 0) is 30.7 Å². The van der Waals surface area contributed by atoms with Gasteiger partial charge in [-0.25, -0.2) is 0 Å². The molecule has 1 fully saturated rings. The van der Waals surface area contributed by atoms with Crippen molar-refractivity contribution in [3.05, 3.63) is 89.1 Å². The first kappa shape index (κ1) is 27.1. The van der Waals surface area contributed by atoms with Gasteiger partial charge in [-0.2, -0.15) is 4.98 Å². The van der Waals surface area contributed by atoms with E-state index in [2.05, 4.69) is 29.7 Å². The second-order valence-corrected chi connectivity index (χ2v) is 10.6. The number of Topliss-reactive ketones (excluding diaryl/α,β-unsaturated/α-hetero) is 1. The molecule has 1 saturated carbocycles. The van der Waals surface area contributed by atoms with Crippen molar-refractivity contribution in [2.24, 2.45) is 5.92 Å². The summed E-state index contributed by atoms with van der Waals surface area (Å²) in [6.45, 7) is 3.77. The summed E-state index contributed by atoms with van der Waals surface area (Å²) in [5.41, 5.74) is 5.64. The molecule has 0 bridgehead atoms. The number of carbonyl (C=O) groups excluding carboxylic acids is 1. The van der Waals surface area contributed by atoms with Crippen molar-refractivity contribution in [3.63, 3.8) is 0 Å². The van der Waals surface area contributed by atoms with Gasteiger partial charge in [0, 0.05) is 56.5 Å². The third-order valence-electron chi connectivity index (χ3n) is 7.67. The maximum atomic E-state index is 13.1. The molecule has 8 nitrogen and oxygen atoms in total. The van der Waals surface area contributed by atoms with E-state index in [1.54, 1.807) is 37.6 Å². The number of fused-ring (bicyclic) bond motifs is 1. The van der Waals surface area contributed by atoms with Crippen LogP contribution in [-0.4, -0.2) is 43.7 Å². The minimum Gasteiger partial charge on any atom is -0.406 e. The molecule has 2 atom stereocenters. The van der Waals surface area contributed by atoms with Crippen LogP contribution in [0.25, 0.3) is 11.1 Å². The Labute approximate surface area is 234 Å². The number of hydrogen-bond donors (Lipinski definition) is 0. The third kappa shape index (κ3) is 6.30. The Kier molecular flexibility index (Phi) is 7.29. The summed E-state index contributed by atoms with van der Waals surface area (Å²) in [5, 5.41) is 3.83. The number of aryl methyl sites for hydroxylation is 2. The van der Waals surface area contributed by atoms with Gasteiger partial charge in [0.15, 0.2) is 5.82 Å². The van der Waals surface area contributed by atoms with Crippen LogP contribution < -0.4 is 4.74 Å². The zero-order valence-electron chi connectivity index (χ0n) is 22.4. The number of halogens is 3. The smallest absolute Gasteiger partial charge is 0.406 e. The van der Waals surface area contributed by atoms with Gasteiger partial charge in [-0.15, -0.1) is 13.2 Å². The quantitative estimate of drug-likeness (QED) is 0.260. The van der Waals surface area contributed by atoms with Gasteiger partial charge in [0.05, 0.1) is 5.69 Å². The topological polar surface area (TPSA) is 94.2 Å². The Hall–Kier alpha value is -4.12. The van der Waals surface area contributed by atoms with E-state index in [0.29, 0.717) is 49.6 Å². The van der Waals surface area contributed by atoms with Crippen LogP contribution in [0.3, 0.4) is 0 Å². The molecule has 41 heavy (non-hydrogen) atoms. The maximum Gasteiger partial charge on any atom is 0.573 e. The number of benzene rings is 2. The minimum absolute atomic E-state index is 0.00587. The van der Waals surface area contributed by atoms with Crippen LogP contribution in [0.2, 0.25) is 0 Å². The van der Waals surface area contributed by atoms with Gasteiger partial charge in [-0.3, -0.25) is 19.7 Å². The second kappa shape index (κ2) is 11.0. The molecule has 3 heterocycles. The fourth-order valence-electron chi connectivity index (χ4n) is 5.67. The van der Waals surface area contributed by atoms with Crippen molar-refractivity contribution in [2.75, 3.05) is 6.54 Å². The van der Waals surface area contributed by atoms with Crippen LogP contribution in [0, 0.1) is 12.8 Å². The number of carbonyl (C=O) groups is 1. The first-order chi connectivity index (χ1) is 19.7. The van der Waals surface area contributed by atoms with Gasteiger partial charge < -0.3 is 9.26 Å². The molecule has 212 valence electrons. The molecule has 1 unspecified atom stereocenters. The molecule has 2 aromatic carbocycles. The summed E-state index contributed by atoms with van der Waals surface area (Å²) in [5.74, 6) is 0.898. The Morgan fingerprint density at radius 2 is 2.05 bits per heavy atom. The molecule has 11 heteroatoms. The number of ketones is 1. The Balaban J connectivity index is 1.25. The Morgan fingerprint density at radius 3 is 2.80 bits per heavy atom. The lowest BCUT2D eigenvalue weighted by molar-refractivity contribution is -0.274. The normalized spacial score (nSPS) is 18.6. The molecule has 0 spiro atoms. The lowest BCUT2D eigenvalue weighted by atomic mass is 9.86. The highest BCUT2D eigenvalue weighted by atomic mass is 19.4. The maximum absolute atomic E-state index is 13.1. The number of aromatic nitrogens is 4.